The topological polar surface area (TPSA) is 50.8 Å². The second-order valence-corrected chi connectivity index (χ2v) is 7.72. The molecule has 1 rings (SSSR count). The Morgan fingerprint density at radius 1 is 1.41 bits per heavy atom. The highest BCUT2D eigenvalue weighted by Gasteiger charge is 2.20. The molecular formula is C16H32N2O3S. The number of carbonyl (C=O) groups is 1. The Hall–Kier alpha value is -0.300. The van der Waals surface area contributed by atoms with Crippen molar-refractivity contribution >= 4 is 17.0 Å². The van der Waals surface area contributed by atoms with Crippen LogP contribution in [-0.4, -0.2) is 68.5 Å². The zero-order valence-electron chi connectivity index (χ0n) is 14.5. The summed E-state index contributed by atoms with van der Waals surface area (Å²) in [5.41, 5.74) is 0.391. The SMILES string of the molecule is CSC(=O)NC[C@@H]1CN(CCOCCCC(C)(C)C)CCO1. The van der Waals surface area contributed by atoms with Gasteiger partial charge in [-0.1, -0.05) is 32.5 Å². The molecule has 1 aliphatic heterocycles. The van der Waals surface area contributed by atoms with E-state index >= 15 is 0 Å². The average molecular weight is 333 g/mol. The summed E-state index contributed by atoms with van der Waals surface area (Å²) in [6.45, 7) is 12.4. The summed E-state index contributed by atoms with van der Waals surface area (Å²) in [5, 5.41) is 2.86. The number of hydrogen-bond donors (Lipinski definition) is 1. The lowest BCUT2D eigenvalue weighted by atomic mass is 9.91. The summed E-state index contributed by atoms with van der Waals surface area (Å²) in [5.74, 6) is 0. The maximum Gasteiger partial charge on any atom is 0.278 e. The molecule has 1 heterocycles. The van der Waals surface area contributed by atoms with Gasteiger partial charge in [-0.15, -0.1) is 0 Å². The molecule has 0 unspecified atom stereocenters. The van der Waals surface area contributed by atoms with Crippen LogP contribution >= 0.6 is 11.8 Å². The van der Waals surface area contributed by atoms with Gasteiger partial charge < -0.3 is 14.8 Å². The Balaban J connectivity index is 2.07. The third kappa shape index (κ3) is 9.66. The third-order valence-electron chi connectivity index (χ3n) is 3.65. The minimum atomic E-state index is 0.00269. The van der Waals surface area contributed by atoms with Gasteiger partial charge in [0.15, 0.2) is 0 Å². The molecule has 0 aromatic carbocycles. The molecule has 0 radical (unpaired) electrons. The fourth-order valence-corrected chi connectivity index (χ4v) is 2.60. The van der Waals surface area contributed by atoms with Crippen LogP contribution in [0.2, 0.25) is 0 Å². The number of morpholine rings is 1. The first kappa shape index (κ1) is 19.7. The quantitative estimate of drug-likeness (QED) is 0.693. The van der Waals surface area contributed by atoms with Crippen molar-refractivity contribution in [2.75, 3.05) is 52.3 Å². The van der Waals surface area contributed by atoms with Crippen molar-refractivity contribution in [2.24, 2.45) is 5.41 Å². The van der Waals surface area contributed by atoms with Gasteiger partial charge in [0.2, 0.25) is 0 Å². The fourth-order valence-electron chi connectivity index (χ4n) is 2.38. The van der Waals surface area contributed by atoms with Gasteiger partial charge in [0, 0.05) is 32.8 Å². The molecule has 1 N–H and O–H groups in total. The molecule has 1 atom stereocenters. The predicted molar refractivity (Wildman–Crippen MR) is 92.6 cm³/mol. The number of rotatable bonds is 8. The number of hydrogen-bond acceptors (Lipinski definition) is 5. The van der Waals surface area contributed by atoms with Gasteiger partial charge in [0.1, 0.15) is 0 Å². The highest BCUT2D eigenvalue weighted by molar-refractivity contribution is 8.12. The highest BCUT2D eigenvalue weighted by atomic mass is 32.2. The van der Waals surface area contributed by atoms with E-state index in [4.69, 9.17) is 9.47 Å². The molecule has 1 saturated heterocycles. The van der Waals surface area contributed by atoms with Gasteiger partial charge in [-0.05, 0) is 24.5 Å². The first-order valence-corrected chi connectivity index (χ1v) is 9.37. The van der Waals surface area contributed by atoms with Crippen LogP contribution in [0.15, 0.2) is 0 Å². The molecule has 0 spiro atoms. The van der Waals surface area contributed by atoms with E-state index in [0.717, 1.165) is 45.9 Å². The number of amides is 1. The van der Waals surface area contributed by atoms with E-state index in [1.165, 1.54) is 18.2 Å². The van der Waals surface area contributed by atoms with Crippen LogP contribution in [0.3, 0.4) is 0 Å². The highest BCUT2D eigenvalue weighted by Crippen LogP contribution is 2.20. The number of carbonyl (C=O) groups excluding carboxylic acids is 1. The number of nitrogens with zero attached hydrogens (tertiary/aromatic N) is 1. The van der Waals surface area contributed by atoms with Crippen LogP contribution in [-0.2, 0) is 9.47 Å². The van der Waals surface area contributed by atoms with E-state index in [0.29, 0.717) is 12.0 Å². The Morgan fingerprint density at radius 2 is 2.18 bits per heavy atom. The summed E-state index contributed by atoms with van der Waals surface area (Å²) >= 11 is 1.20. The lowest BCUT2D eigenvalue weighted by Gasteiger charge is -2.32. The van der Waals surface area contributed by atoms with Gasteiger partial charge in [-0.2, -0.15) is 0 Å². The summed E-state index contributed by atoms with van der Waals surface area (Å²) < 4.78 is 11.4. The van der Waals surface area contributed by atoms with Crippen LogP contribution in [0.5, 0.6) is 0 Å². The van der Waals surface area contributed by atoms with Gasteiger partial charge in [-0.3, -0.25) is 9.69 Å². The Morgan fingerprint density at radius 3 is 2.86 bits per heavy atom. The third-order valence-corrected chi connectivity index (χ3v) is 4.16. The van der Waals surface area contributed by atoms with Gasteiger partial charge in [-0.25, -0.2) is 0 Å². The van der Waals surface area contributed by atoms with Crippen molar-refractivity contribution in [1.82, 2.24) is 10.2 Å². The van der Waals surface area contributed by atoms with Crippen molar-refractivity contribution < 1.29 is 14.3 Å². The molecular weight excluding hydrogens is 300 g/mol. The molecule has 6 heteroatoms. The van der Waals surface area contributed by atoms with Crippen LogP contribution in [0.25, 0.3) is 0 Å². The van der Waals surface area contributed by atoms with E-state index in [1.807, 2.05) is 0 Å². The summed E-state index contributed by atoms with van der Waals surface area (Å²) in [6.07, 6.45) is 4.18. The van der Waals surface area contributed by atoms with E-state index in [2.05, 4.69) is 31.0 Å². The van der Waals surface area contributed by atoms with Gasteiger partial charge in [0.05, 0.1) is 19.3 Å². The van der Waals surface area contributed by atoms with E-state index in [9.17, 15) is 4.79 Å². The van der Waals surface area contributed by atoms with Crippen molar-refractivity contribution in [3.8, 4) is 0 Å². The zero-order chi connectivity index (χ0) is 16.4. The van der Waals surface area contributed by atoms with E-state index in [1.54, 1.807) is 6.26 Å². The minimum Gasteiger partial charge on any atom is -0.380 e. The molecule has 0 aliphatic carbocycles. The molecule has 0 aromatic heterocycles. The van der Waals surface area contributed by atoms with Crippen molar-refractivity contribution in [1.29, 1.82) is 0 Å². The lowest BCUT2D eigenvalue weighted by molar-refractivity contribution is -0.0337. The first-order valence-electron chi connectivity index (χ1n) is 8.14. The Labute approximate surface area is 139 Å². The standard InChI is InChI=1S/C16H32N2O3S/c1-16(2,3)6-5-9-20-10-7-18-8-11-21-14(13-18)12-17-15(19)22-4/h14H,5-13H2,1-4H3,(H,17,19)/t14-/m1/s1. The van der Waals surface area contributed by atoms with Gasteiger partial charge >= 0.3 is 0 Å². The van der Waals surface area contributed by atoms with Crippen molar-refractivity contribution in [3.63, 3.8) is 0 Å². The van der Waals surface area contributed by atoms with E-state index in [-0.39, 0.29) is 11.3 Å². The first-order chi connectivity index (χ1) is 10.4. The second-order valence-electron chi connectivity index (χ2n) is 6.94. The predicted octanol–water partition coefficient (Wildman–Crippen LogP) is 2.60. The molecule has 5 nitrogen and oxygen atoms in total. The largest absolute Gasteiger partial charge is 0.380 e. The smallest absolute Gasteiger partial charge is 0.278 e. The second kappa shape index (κ2) is 10.5. The van der Waals surface area contributed by atoms with Crippen LogP contribution < -0.4 is 5.32 Å². The maximum atomic E-state index is 11.2. The zero-order valence-corrected chi connectivity index (χ0v) is 15.3. The Bertz CT molecular complexity index is 321. The normalized spacial score (nSPS) is 20.1. The van der Waals surface area contributed by atoms with Gasteiger partial charge in [0.25, 0.3) is 5.24 Å². The number of thioether (sulfide) groups is 1. The van der Waals surface area contributed by atoms with Crippen molar-refractivity contribution in [3.05, 3.63) is 0 Å². The molecule has 22 heavy (non-hydrogen) atoms. The van der Waals surface area contributed by atoms with Crippen LogP contribution in [0.1, 0.15) is 33.6 Å². The number of ether oxygens (including phenoxy) is 2. The summed E-state index contributed by atoms with van der Waals surface area (Å²) in [4.78, 5) is 13.6. The molecule has 1 fully saturated rings. The van der Waals surface area contributed by atoms with Crippen molar-refractivity contribution in [2.45, 2.75) is 39.7 Å². The summed E-state index contributed by atoms with van der Waals surface area (Å²) in [7, 11) is 0. The number of nitrogens with one attached hydrogen (secondary N) is 1. The lowest BCUT2D eigenvalue weighted by Crippen LogP contribution is -2.48. The molecule has 0 bridgehead atoms. The van der Waals surface area contributed by atoms with Crippen LogP contribution in [0.4, 0.5) is 4.79 Å². The average Bonchev–Trinajstić information content (AvgIpc) is 2.47. The van der Waals surface area contributed by atoms with E-state index < -0.39 is 0 Å². The summed E-state index contributed by atoms with van der Waals surface area (Å²) in [6, 6.07) is 0. The molecule has 1 amide bonds. The monoisotopic (exact) mass is 332 g/mol. The molecule has 0 saturated carbocycles. The molecule has 130 valence electrons. The fraction of sp³-hybridized carbons (Fsp3) is 0.938. The molecule has 0 aromatic rings. The maximum absolute atomic E-state index is 11.2. The van der Waals surface area contributed by atoms with Crippen LogP contribution in [0, 0.1) is 5.41 Å². The molecule has 1 aliphatic rings. The Kier molecular flexibility index (Phi) is 9.40. The minimum absolute atomic E-state index is 0.00269.